The van der Waals surface area contributed by atoms with E-state index in [-0.39, 0.29) is 0 Å². The van der Waals surface area contributed by atoms with Gasteiger partial charge in [0.25, 0.3) is 0 Å². The first-order chi connectivity index (χ1) is 13.6. The van der Waals surface area contributed by atoms with E-state index in [4.69, 9.17) is 14.7 Å². The van der Waals surface area contributed by atoms with E-state index in [1.54, 1.807) is 7.11 Å². The van der Waals surface area contributed by atoms with E-state index in [1.165, 1.54) is 47.2 Å². The van der Waals surface area contributed by atoms with Crippen LogP contribution in [0.3, 0.4) is 0 Å². The molecule has 150 valence electrons. The summed E-state index contributed by atoms with van der Waals surface area (Å²) >= 11 is 0. The molecular formula is C23H32N4O. The average molecular weight is 381 g/mol. The molecule has 2 aliphatic heterocycles. The number of ether oxygens (including phenoxy) is 1. The Bertz CT molecular complexity index is 851. The van der Waals surface area contributed by atoms with E-state index in [0.29, 0.717) is 6.04 Å². The van der Waals surface area contributed by atoms with E-state index in [0.717, 1.165) is 44.2 Å². The van der Waals surface area contributed by atoms with Gasteiger partial charge in [0, 0.05) is 43.5 Å². The van der Waals surface area contributed by atoms with E-state index < -0.39 is 0 Å². The molecule has 0 aliphatic carbocycles. The lowest BCUT2D eigenvalue weighted by Crippen LogP contribution is -2.33. The van der Waals surface area contributed by atoms with Gasteiger partial charge in [-0.1, -0.05) is 12.5 Å². The SMILES string of the molecule is COc1ccc(CN2CCc3nc(C4CCCCN4C)ncc3C2)c(C)c1C. The molecule has 1 atom stereocenters. The molecule has 3 heterocycles. The Hall–Kier alpha value is -1.98. The summed E-state index contributed by atoms with van der Waals surface area (Å²) in [5.74, 6) is 2.00. The third-order valence-electron chi connectivity index (χ3n) is 6.56. The van der Waals surface area contributed by atoms with Crippen molar-refractivity contribution in [1.82, 2.24) is 19.8 Å². The summed E-state index contributed by atoms with van der Waals surface area (Å²) in [5, 5.41) is 0. The van der Waals surface area contributed by atoms with Crippen LogP contribution in [0.15, 0.2) is 18.3 Å². The number of hydrogen-bond donors (Lipinski definition) is 0. The summed E-state index contributed by atoms with van der Waals surface area (Å²) in [5.41, 5.74) is 6.49. The zero-order valence-corrected chi connectivity index (χ0v) is 17.7. The monoisotopic (exact) mass is 380 g/mol. The number of aromatic nitrogens is 2. The van der Waals surface area contributed by atoms with Crippen LogP contribution in [0, 0.1) is 13.8 Å². The number of benzene rings is 1. The molecule has 5 nitrogen and oxygen atoms in total. The Morgan fingerprint density at radius 2 is 2.00 bits per heavy atom. The number of fused-ring (bicyclic) bond motifs is 1. The minimum absolute atomic E-state index is 0.391. The van der Waals surface area contributed by atoms with Crippen LogP contribution < -0.4 is 4.74 Å². The van der Waals surface area contributed by atoms with Crippen LogP contribution in [-0.4, -0.2) is 47.0 Å². The smallest absolute Gasteiger partial charge is 0.145 e. The number of rotatable bonds is 4. The lowest BCUT2D eigenvalue weighted by molar-refractivity contribution is 0.178. The summed E-state index contributed by atoms with van der Waals surface area (Å²) in [6, 6.07) is 4.68. The molecule has 2 aromatic rings. The van der Waals surface area contributed by atoms with Crippen molar-refractivity contribution in [1.29, 1.82) is 0 Å². The first-order valence-electron chi connectivity index (χ1n) is 10.5. The van der Waals surface area contributed by atoms with Crippen molar-refractivity contribution in [2.75, 3.05) is 27.2 Å². The van der Waals surface area contributed by atoms with Gasteiger partial charge in [0.05, 0.1) is 13.2 Å². The van der Waals surface area contributed by atoms with Gasteiger partial charge in [0.1, 0.15) is 11.6 Å². The van der Waals surface area contributed by atoms with Crippen molar-refractivity contribution >= 4 is 0 Å². The summed E-state index contributed by atoms with van der Waals surface area (Å²) in [7, 11) is 3.94. The van der Waals surface area contributed by atoms with Gasteiger partial charge in [-0.2, -0.15) is 0 Å². The molecule has 0 saturated carbocycles. The first-order valence-corrected chi connectivity index (χ1v) is 10.5. The van der Waals surface area contributed by atoms with Crippen LogP contribution in [-0.2, 0) is 19.5 Å². The van der Waals surface area contributed by atoms with Gasteiger partial charge >= 0.3 is 0 Å². The zero-order valence-electron chi connectivity index (χ0n) is 17.7. The maximum atomic E-state index is 5.45. The lowest BCUT2D eigenvalue weighted by Gasteiger charge is -2.33. The third-order valence-corrected chi connectivity index (χ3v) is 6.56. The Balaban J connectivity index is 1.47. The minimum atomic E-state index is 0.391. The van der Waals surface area contributed by atoms with Gasteiger partial charge in [-0.3, -0.25) is 9.80 Å². The third kappa shape index (κ3) is 3.78. The number of likely N-dealkylation sites (tertiary alicyclic amines) is 1. The van der Waals surface area contributed by atoms with E-state index in [1.807, 2.05) is 0 Å². The fraction of sp³-hybridized carbons (Fsp3) is 0.565. The molecule has 28 heavy (non-hydrogen) atoms. The lowest BCUT2D eigenvalue weighted by atomic mass is 9.99. The normalized spacial score (nSPS) is 20.8. The van der Waals surface area contributed by atoms with Crippen LogP contribution in [0.4, 0.5) is 0 Å². The highest BCUT2D eigenvalue weighted by Crippen LogP contribution is 2.29. The van der Waals surface area contributed by atoms with Crippen LogP contribution in [0.25, 0.3) is 0 Å². The van der Waals surface area contributed by atoms with Crippen molar-refractivity contribution in [3.8, 4) is 5.75 Å². The Morgan fingerprint density at radius 1 is 1.14 bits per heavy atom. The van der Waals surface area contributed by atoms with Gasteiger partial charge in [-0.05, 0) is 63.0 Å². The van der Waals surface area contributed by atoms with Crippen molar-refractivity contribution in [2.45, 2.75) is 58.7 Å². The molecule has 1 saturated heterocycles. The maximum Gasteiger partial charge on any atom is 0.145 e. The zero-order chi connectivity index (χ0) is 19.7. The maximum absolute atomic E-state index is 5.45. The molecule has 2 aliphatic rings. The van der Waals surface area contributed by atoms with Crippen LogP contribution in [0.2, 0.25) is 0 Å². The van der Waals surface area contributed by atoms with Crippen molar-refractivity contribution in [3.63, 3.8) is 0 Å². The molecule has 5 heteroatoms. The molecule has 1 unspecified atom stereocenters. The topological polar surface area (TPSA) is 41.5 Å². The summed E-state index contributed by atoms with van der Waals surface area (Å²) in [6.45, 7) is 8.43. The molecule has 1 fully saturated rings. The van der Waals surface area contributed by atoms with Gasteiger partial charge in [0.2, 0.25) is 0 Å². The number of hydrogen-bond acceptors (Lipinski definition) is 5. The second-order valence-electron chi connectivity index (χ2n) is 8.33. The van der Waals surface area contributed by atoms with Gasteiger partial charge in [-0.15, -0.1) is 0 Å². The molecule has 1 aromatic carbocycles. The molecule has 4 rings (SSSR count). The Labute approximate surface area is 168 Å². The van der Waals surface area contributed by atoms with Crippen molar-refractivity contribution < 1.29 is 4.74 Å². The van der Waals surface area contributed by atoms with Crippen LogP contribution >= 0.6 is 0 Å². The highest BCUT2D eigenvalue weighted by Gasteiger charge is 2.25. The molecule has 0 amide bonds. The van der Waals surface area contributed by atoms with E-state index in [9.17, 15) is 0 Å². The predicted octanol–water partition coefficient (Wildman–Crippen LogP) is 3.82. The van der Waals surface area contributed by atoms with Gasteiger partial charge in [-0.25, -0.2) is 9.97 Å². The summed E-state index contributed by atoms with van der Waals surface area (Å²) in [6.07, 6.45) is 6.84. The van der Waals surface area contributed by atoms with Crippen molar-refractivity contribution in [3.05, 3.63) is 52.1 Å². The summed E-state index contributed by atoms with van der Waals surface area (Å²) < 4.78 is 5.45. The predicted molar refractivity (Wildman–Crippen MR) is 112 cm³/mol. The minimum Gasteiger partial charge on any atom is -0.496 e. The number of nitrogens with zero attached hydrogens (tertiary/aromatic N) is 4. The van der Waals surface area contributed by atoms with Crippen LogP contribution in [0.5, 0.6) is 5.75 Å². The Morgan fingerprint density at radius 3 is 2.79 bits per heavy atom. The largest absolute Gasteiger partial charge is 0.496 e. The summed E-state index contributed by atoms with van der Waals surface area (Å²) in [4.78, 5) is 14.7. The first kappa shape index (κ1) is 19.3. The molecule has 0 N–H and O–H groups in total. The molecule has 0 spiro atoms. The fourth-order valence-corrected chi connectivity index (χ4v) is 4.57. The van der Waals surface area contributed by atoms with Gasteiger partial charge < -0.3 is 4.74 Å². The second kappa shape index (κ2) is 8.18. The quantitative estimate of drug-likeness (QED) is 0.807. The number of methoxy groups -OCH3 is 1. The molecule has 1 aromatic heterocycles. The second-order valence-corrected chi connectivity index (χ2v) is 8.33. The van der Waals surface area contributed by atoms with Gasteiger partial charge in [0.15, 0.2) is 0 Å². The van der Waals surface area contributed by atoms with E-state index in [2.05, 4.69) is 49.0 Å². The van der Waals surface area contributed by atoms with Crippen LogP contribution in [0.1, 0.15) is 59.1 Å². The van der Waals surface area contributed by atoms with Crippen molar-refractivity contribution in [2.24, 2.45) is 0 Å². The molecule has 0 bridgehead atoms. The number of piperidine rings is 1. The Kier molecular flexibility index (Phi) is 5.65. The fourth-order valence-electron chi connectivity index (χ4n) is 4.57. The highest BCUT2D eigenvalue weighted by atomic mass is 16.5. The molecule has 0 radical (unpaired) electrons. The highest BCUT2D eigenvalue weighted by molar-refractivity contribution is 5.43. The average Bonchev–Trinajstić information content (AvgIpc) is 2.71. The van der Waals surface area contributed by atoms with E-state index >= 15 is 0 Å². The molecular weight excluding hydrogens is 348 g/mol. The standard InChI is InChI=1S/C23H32N4O/c1-16-17(2)22(28-4)9-8-18(16)14-27-12-10-20-19(15-27)13-24-23(25-20)21-7-5-6-11-26(21)3/h8-9,13,21H,5-7,10-12,14-15H2,1-4H3.